The lowest BCUT2D eigenvalue weighted by Gasteiger charge is -2.40. The fraction of sp³-hybridized carbons (Fsp3) is 0.290. The first-order valence-electron chi connectivity index (χ1n) is 13.6. The van der Waals surface area contributed by atoms with Gasteiger partial charge >= 0.3 is 0 Å². The van der Waals surface area contributed by atoms with E-state index in [2.05, 4.69) is 67.6 Å². The summed E-state index contributed by atoms with van der Waals surface area (Å²) in [6, 6.07) is 24.0. The summed E-state index contributed by atoms with van der Waals surface area (Å²) < 4.78 is 7.44. The fourth-order valence-electron chi connectivity index (χ4n) is 5.79. The largest absolute Gasteiger partial charge is 0.495 e. The Kier molecular flexibility index (Phi) is 7.04. The van der Waals surface area contributed by atoms with Gasteiger partial charge in [0.05, 0.1) is 24.9 Å². The minimum Gasteiger partial charge on any atom is -0.495 e. The molecule has 204 valence electrons. The molecule has 0 bridgehead atoms. The maximum absolute atomic E-state index is 13.7. The van der Waals surface area contributed by atoms with E-state index in [1.165, 1.54) is 0 Å². The van der Waals surface area contributed by atoms with Crippen LogP contribution < -0.4 is 15.2 Å². The number of nitrogens with zero attached hydrogens (tertiary/aromatic N) is 6. The van der Waals surface area contributed by atoms with E-state index in [0.29, 0.717) is 17.9 Å². The number of tetrazole rings is 1. The van der Waals surface area contributed by atoms with Crippen molar-refractivity contribution in [2.45, 2.75) is 26.4 Å². The summed E-state index contributed by atoms with van der Waals surface area (Å²) in [6.07, 6.45) is 0. The molecular formula is C31H33N7O2. The highest BCUT2D eigenvalue weighted by molar-refractivity contribution is 5.83. The van der Waals surface area contributed by atoms with Crippen LogP contribution in [0.3, 0.4) is 0 Å². The first-order chi connectivity index (χ1) is 19.5. The van der Waals surface area contributed by atoms with E-state index in [9.17, 15) is 4.79 Å². The van der Waals surface area contributed by atoms with E-state index in [0.717, 1.165) is 65.2 Å². The number of H-pyrrole nitrogens is 1. The number of benzene rings is 3. The number of anilines is 1. The molecule has 3 aromatic carbocycles. The zero-order valence-corrected chi connectivity index (χ0v) is 23.0. The van der Waals surface area contributed by atoms with Crippen LogP contribution in [-0.4, -0.2) is 63.4 Å². The molecule has 1 aliphatic heterocycles. The number of pyridine rings is 1. The first kappa shape index (κ1) is 25.8. The zero-order chi connectivity index (χ0) is 27.6. The van der Waals surface area contributed by atoms with Gasteiger partial charge in [-0.3, -0.25) is 9.69 Å². The third kappa shape index (κ3) is 4.96. The van der Waals surface area contributed by atoms with Crippen molar-refractivity contribution in [2.75, 3.05) is 38.2 Å². The van der Waals surface area contributed by atoms with Gasteiger partial charge in [-0.2, -0.15) is 0 Å². The number of ether oxygens (including phenoxy) is 1. The van der Waals surface area contributed by atoms with Crippen LogP contribution in [0.25, 0.3) is 10.9 Å². The lowest BCUT2D eigenvalue weighted by Crippen LogP contribution is -2.49. The topological polar surface area (TPSA) is 92.2 Å². The van der Waals surface area contributed by atoms with Gasteiger partial charge in [-0.15, -0.1) is 5.10 Å². The van der Waals surface area contributed by atoms with Crippen LogP contribution in [0.1, 0.15) is 34.1 Å². The highest BCUT2D eigenvalue weighted by atomic mass is 16.5. The Labute approximate surface area is 233 Å². The molecule has 0 saturated carbocycles. The standard InChI is InChI=1S/C31H33N7O2/c1-21-17-22(2)28-24(18-21)19-25(31(39)32-28)29(30-33-34-35-38(30)20-23-9-5-4-6-10-23)37-15-13-36(14-16-37)26-11-7-8-12-27(26)40-3/h4-12,17-19,29H,13-16,20H2,1-3H3,(H,32,39)/t29-/m1/s1. The van der Waals surface area contributed by atoms with Crippen molar-refractivity contribution >= 4 is 16.6 Å². The van der Waals surface area contributed by atoms with Crippen molar-refractivity contribution in [3.8, 4) is 5.75 Å². The average molecular weight is 536 g/mol. The van der Waals surface area contributed by atoms with Crippen LogP contribution in [-0.2, 0) is 6.54 Å². The monoisotopic (exact) mass is 535 g/mol. The summed E-state index contributed by atoms with van der Waals surface area (Å²) in [4.78, 5) is 21.5. The molecule has 1 fully saturated rings. The molecule has 40 heavy (non-hydrogen) atoms. The number of methoxy groups -OCH3 is 1. The smallest absolute Gasteiger partial charge is 0.253 e. The van der Waals surface area contributed by atoms with Crippen molar-refractivity contribution in [3.63, 3.8) is 0 Å². The van der Waals surface area contributed by atoms with Crippen molar-refractivity contribution in [2.24, 2.45) is 0 Å². The molecule has 0 radical (unpaired) electrons. The molecule has 0 aliphatic carbocycles. The number of rotatable bonds is 7. The molecule has 9 heteroatoms. The van der Waals surface area contributed by atoms with E-state index >= 15 is 0 Å². The van der Waals surface area contributed by atoms with Gasteiger partial charge in [-0.1, -0.05) is 54.1 Å². The Balaban J connectivity index is 1.40. The summed E-state index contributed by atoms with van der Waals surface area (Å²) in [5.74, 6) is 1.51. The number of fused-ring (bicyclic) bond motifs is 1. The molecule has 9 nitrogen and oxygen atoms in total. The number of aryl methyl sites for hydroxylation is 2. The Bertz CT molecular complexity index is 1690. The van der Waals surface area contributed by atoms with Crippen molar-refractivity contribution < 1.29 is 4.74 Å². The molecule has 0 amide bonds. The molecule has 1 saturated heterocycles. The maximum Gasteiger partial charge on any atom is 0.253 e. The highest BCUT2D eigenvalue weighted by Gasteiger charge is 2.33. The van der Waals surface area contributed by atoms with Crippen LogP contribution >= 0.6 is 0 Å². The molecule has 1 N–H and O–H groups in total. The van der Waals surface area contributed by atoms with Gasteiger partial charge in [0.25, 0.3) is 5.56 Å². The summed E-state index contributed by atoms with van der Waals surface area (Å²) >= 11 is 0. The van der Waals surface area contributed by atoms with Crippen LogP contribution in [0, 0.1) is 13.8 Å². The molecular weight excluding hydrogens is 502 g/mol. The molecule has 1 aliphatic rings. The maximum atomic E-state index is 13.7. The Morgan fingerprint density at radius 3 is 2.48 bits per heavy atom. The lowest BCUT2D eigenvalue weighted by atomic mass is 10.00. The number of nitrogens with one attached hydrogen (secondary N) is 1. The number of hydrogen-bond acceptors (Lipinski definition) is 7. The molecule has 2 aromatic heterocycles. The molecule has 6 rings (SSSR count). The van der Waals surface area contributed by atoms with Gasteiger partial charge < -0.3 is 14.6 Å². The van der Waals surface area contributed by atoms with Gasteiger partial charge in [-0.25, -0.2) is 4.68 Å². The number of aromatic amines is 1. The fourth-order valence-corrected chi connectivity index (χ4v) is 5.79. The molecule has 1 atom stereocenters. The zero-order valence-electron chi connectivity index (χ0n) is 23.0. The van der Waals surface area contributed by atoms with Crippen molar-refractivity contribution in [1.29, 1.82) is 0 Å². The van der Waals surface area contributed by atoms with Crippen molar-refractivity contribution in [1.82, 2.24) is 30.1 Å². The summed E-state index contributed by atoms with van der Waals surface area (Å²) in [6.45, 7) is 7.63. The number of para-hydroxylation sites is 2. The van der Waals surface area contributed by atoms with E-state index in [4.69, 9.17) is 4.74 Å². The minimum absolute atomic E-state index is 0.120. The average Bonchev–Trinajstić information content (AvgIpc) is 3.42. The van der Waals surface area contributed by atoms with Crippen LogP contribution in [0.15, 0.2) is 77.6 Å². The van der Waals surface area contributed by atoms with Gasteiger partial charge in [0, 0.05) is 31.7 Å². The van der Waals surface area contributed by atoms with Crippen molar-refractivity contribution in [3.05, 3.63) is 111 Å². The van der Waals surface area contributed by atoms with Gasteiger partial charge in [0.2, 0.25) is 0 Å². The SMILES string of the molecule is COc1ccccc1N1CCN([C@H](c2cc3cc(C)cc(C)c3[nH]c2=O)c2nnnn2Cc2ccccc2)CC1. The second-order valence-corrected chi connectivity index (χ2v) is 10.4. The van der Waals surface area contributed by atoms with Gasteiger partial charge in [-0.05, 0) is 65.1 Å². The number of aromatic nitrogens is 5. The normalized spacial score (nSPS) is 14.9. The molecule has 0 unspecified atom stereocenters. The third-order valence-corrected chi connectivity index (χ3v) is 7.70. The third-order valence-electron chi connectivity index (χ3n) is 7.70. The Morgan fingerprint density at radius 1 is 0.950 bits per heavy atom. The predicted molar refractivity (Wildman–Crippen MR) is 156 cm³/mol. The van der Waals surface area contributed by atoms with Crippen LogP contribution in [0.2, 0.25) is 0 Å². The lowest BCUT2D eigenvalue weighted by molar-refractivity contribution is 0.200. The quantitative estimate of drug-likeness (QED) is 0.336. The second kappa shape index (κ2) is 10.9. The molecule has 3 heterocycles. The van der Waals surface area contributed by atoms with Crippen LogP contribution in [0.5, 0.6) is 5.75 Å². The Morgan fingerprint density at radius 2 is 1.70 bits per heavy atom. The van der Waals surface area contributed by atoms with E-state index < -0.39 is 6.04 Å². The number of piperazine rings is 1. The van der Waals surface area contributed by atoms with E-state index in [-0.39, 0.29) is 5.56 Å². The van der Waals surface area contributed by atoms with Gasteiger partial charge in [0.1, 0.15) is 11.8 Å². The summed E-state index contributed by atoms with van der Waals surface area (Å²) in [7, 11) is 1.70. The first-order valence-corrected chi connectivity index (χ1v) is 13.6. The summed E-state index contributed by atoms with van der Waals surface area (Å²) in [5.41, 5.74) is 5.76. The molecule has 5 aromatic rings. The molecule has 0 spiro atoms. The van der Waals surface area contributed by atoms with E-state index in [1.807, 2.05) is 54.1 Å². The predicted octanol–water partition coefficient (Wildman–Crippen LogP) is 4.10. The van der Waals surface area contributed by atoms with E-state index in [1.54, 1.807) is 7.11 Å². The number of hydrogen-bond donors (Lipinski definition) is 1. The Hall–Kier alpha value is -4.50. The van der Waals surface area contributed by atoms with Crippen LogP contribution in [0.4, 0.5) is 5.69 Å². The highest BCUT2D eigenvalue weighted by Crippen LogP contribution is 2.32. The summed E-state index contributed by atoms with van der Waals surface area (Å²) in [5, 5.41) is 13.9. The van der Waals surface area contributed by atoms with Gasteiger partial charge in [0.15, 0.2) is 5.82 Å². The second-order valence-electron chi connectivity index (χ2n) is 10.4. The minimum atomic E-state index is -0.410.